The van der Waals surface area contributed by atoms with Crippen molar-refractivity contribution in [3.05, 3.63) is 0 Å². The highest BCUT2D eigenvalue weighted by atomic mass is 15.2. The summed E-state index contributed by atoms with van der Waals surface area (Å²) >= 11 is 0. The predicted molar refractivity (Wildman–Crippen MR) is 74.2 cm³/mol. The van der Waals surface area contributed by atoms with Crippen molar-refractivity contribution in [2.75, 3.05) is 13.1 Å². The SMILES string of the molecule is CC(C)N(CCN[C@@H]1CCC2CC2C1)C(C)C. The van der Waals surface area contributed by atoms with Crippen molar-refractivity contribution in [1.82, 2.24) is 10.2 Å². The third-order valence-electron chi connectivity index (χ3n) is 4.67. The molecule has 0 aliphatic heterocycles. The quantitative estimate of drug-likeness (QED) is 0.765. The van der Waals surface area contributed by atoms with Gasteiger partial charge in [0.25, 0.3) is 0 Å². The summed E-state index contributed by atoms with van der Waals surface area (Å²) in [5.41, 5.74) is 0. The molecular formula is C15H30N2. The molecule has 2 aliphatic rings. The number of nitrogens with zero attached hydrogens (tertiary/aromatic N) is 1. The normalized spacial score (nSPS) is 32.3. The van der Waals surface area contributed by atoms with Gasteiger partial charge in [0.2, 0.25) is 0 Å². The molecule has 0 aromatic rings. The molecule has 0 spiro atoms. The van der Waals surface area contributed by atoms with Crippen LogP contribution in [-0.4, -0.2) is 36.1 Å². The molecule has 0 heterocycles. The van der Waals surface area contributed by atoms with Gasteiger partial charge in [-0.2, -0.15) is 0 Å². The van der Waals surface area contributed by atoms with Crippen LogP contribution in [0.25, 0.3) is 0 Å². The first-order valence-electron chi connectivity index (χ1n) is 7.57. The van der Waals surface area contributed by atoms with Crippen LogP contribution in [0.3, 0.4) is 0 Å². The van der Waals surface area contributed by atoms with E-state index in [2.05, 4.69) is 37.9 Å². The fraction of sp³-hybridized carbons (Fsp3) is 1.00. The van der Waals surface area contributed by atoms with E-state index >= 15 is 0 Å². The zero-order valence-electron chi connectivity index (χ0n) is 12.1. The maximum absolute atomic E-state index is 3.78. The topological polar surface area (TPSA) is 15.3 Å². The van der Waals surface area contributed by atoms with Gasteiger partial charge in [0.15, 0.2) is 0 Å². The Bertz CT molecular complexity index is 229. The smallest absolute Gasteiger partial charge is 0.0112 e. The van der Waals surface area contributed by atoms with E-state index in [4.69, 9.17) is 0 Å². The second kappa shape index (κ2) is 5.71. The van der Waals surface area contributed by atoms with E-state index in [1.165, 1.54) is 38.8 Å². The Morgan fingerprint density at radius 3 is 2.29 bits per heavy atom. The third-order valence-corrected chi connectivity index (χ3v) is 4.67. The highest BCUT2D eigenvalue weighted by molar-refractivity contribution is 4.94. The van der Waals surface area contributed by atoms with Crippen LogP contribution in [0.1, 0.15) is 53.4 Å². The molecule has 2 heteroatoms. The van der Waals surface area contributed by atoms with Crippen molar-refractivity contribution in [2.24, 2.45) is 11.8 Å². The molecule has 0 bridgehead atoms. The van der Waals surface area contributed by atoms with Crippen LogP contribution in [0.15, 0.2) is 0 Å². The summed E-state index contributed by atoms with van der Waals surface area (Å²) in [5, 5.41) is 3.78. The summed E-state index contributed by atoms with van der Waals surface area (Å²) in [6.07, 6.45) is 5.89. The summed E-state index contributed by atoms with van der Waals surface area (Å²) in [5.74, 6) is 2.21. The van der Waals surface area contributed by atoms with Gasteiger partial charge in [-0.3, -0.25) is 4.90 Å². The highest BCUT2D eigenvalue weighted by Crippen LogP contribution is 2.49. The minimum Gasteiger partial charge on any atom is -0.313 e. The Balaban J connectivity index is 1.64. The molecule has 17 heavy (non-hydrogen) atoms. The molecule has 2 fully saturated rings. The van der Waals surface area contributed by atoms with Gasteiger partial charge in [0.05, 0.1) is 0 Å². The minimum atomic E-state index is 0.663. The van der Waals surface area contributed by atoms with Crippen molar-refractivity contribution in [2.45, 2.75) is 71.5 Å². The van der Waals surface area contributed by atoms with E-state index in [0.29, 0.717) is 12.1 Å². The molecule has 2 unspecified atom stereocenters. The van der Waals surface area contributed by atoms with Crippen LogP contribution < -0.4 is 5.32 Å². The van der Waals surface area contributed by atoms with Crippen molar-refractivity contribution in [1.29, 1.82) is 0 Å². The summed E-state index contributed by atoms with van der Waals surface area (Å²) < 4.78 is 0. The molecule has 2 nitrogen and oxygen atoms in total. The summed E-state index contributed by atoms with van der Waals surface area (Å²) in [6, 6.07) is 2.15. The number of hydrogen-bond donors (Lipinski definition) is 1. The van der Waals surface area contributed by atoms with Crippen LogP contribution >= 0.6 is 0 Å². The zero-order chi connectivity index (χ0) is 12.4. The van der Waals surface area contributed by atoms with Crippen molar-refractivity contribution in [3.8, 4) is 0 Å². The largest absolute Gasteiger partial charge is 0.313 e. The Morgan fingerprint density at radius 1 is 1.00 bits per heavy atom. The number of fused-ring (bicyclic) bond motifs is 1. The Hall–Kier alpha value is -0.0800. The molecule has 100 valence electrons. The first kappa shape index (κ1) is 13.4. The first-order valence-corrected chi connectivity index (χ1v) is 7.57. The average Bonchev–Trinajstić information content (AvgIpc) is 3.01. The van der Waals surface area contributed by atoms with Gasteiger partial charge in [-0.05, 0) is 65.2 Å². The van der Waals surface area contributed by atoms with Crippen molar-refractivity contribution >= 4 is 0 Å². The molecule has 2 aliphatic carbocycles. The Kier molecular flexibility index (Phi) is 4.48. The van der Waals surface area contributed by atoms with Crippen LogP contribution in [0, 0.1) is 11.8 Å². The fourth-order valence-corrected chi connectivity index (χ4v) is 3.55. The van der Waals surface area contributed by atoms with Gasteiger partial charge >= 0.3 is 0 Å². The van der Waals surface area contributed by atoms with Crippen LogP contribution in [-0.2, 0) is 0 Å². The molecule has 0 saturated heterocycles. The molecular weight excluding hydrogens is 208 g/mol. The van der Waals surface area contributed by atoms with Gasteiger partial charge in [-0.25, -0.2) is 0 Å². The van der Waals surface area contributed by atoms with E-state index in [9.17, 15) is 0 Å². The van der Waals surface area contributed by atoms with Gasteiger partial charge in [0.1, 0.15) is 0 Å². The maximum Gasteiger partial charge on any atom is 0.0112 e. The monoisotopic (exact) mass is 238 g/mol. The van der Waals surface area contributed by atoms with Crippen molar-refractivity contribution in [3.63, 3.8) is 0 Å². The molecule has 0 aromatic carbocycles. The van der Waals surface area contributed by atoms with Crippen molar-refractivity contribution < 1.29 is 0 Å². The zero-order valence-corrected chi connectivity index (χ0v) is 12.1. The Morgan fingerprint density at radius 2 is 1.71 bits per heavy atom. The predicted octanol–water partition coefficient (Wildman–Crippen LogP) is 2.88. The van der Waals surface area contributed by atoms with E-state index in [-0.39, 0.29) is 0 Å². The summed E-state index contributed by atoms with van der Waals surface area (Å²) in [6.45, 7) is 11.6. The standard InChI is InChI=1S/C15H30N2/c1-11(2)17(12(3)4)8-7-16-15-6-5-13-9-14(13)10-15/h11-16H,5-10H2,1-4H3/t13?,14?,15-/m1/s1. The highest BCUT2D eigenvalue weighted by Gasteiger charge is 2.41. The van der Waals surface area contributed by atoms with Gasteiger partial charge in [-0.15, -0.1) is 0 Å². The first-order chi connectivity index (χ1) is 8.08. The van der Waals surface area contributed by atoms with E-state index in [1.54, 1.807) is 0 Å². The molecule has 2 rings (SSSR count). The molecule has 2 saturated carbocycles. The summed E-state index contributed by atoms with van der Waals surface area (Å²) in [4.78, 5) is 2.58. The lowest BCUT2D eigenvalue weighted by molar-refractivity contribution is 0.171. The number of rotatable bonds is 6. The maximum atomic E-state index is 3.78. The van der Waals surface area contributed by atoms with E-state index < -0.39 is 0 Å². The van der Waals surface area contributed by atoms with Crippen LogP contribution in [0.2, 0.25) is 0 Å². The van der Waals surface area contributed by atoms with Gasteiger partial charge in [-0.1, -0.05) is 0 Å². The number of hydrogen-bond acceptors (Lipinski definition) is 2. The molecule has 1 N–H and O–H groups in total. The Labute approximate surface area is 107 Å². The fourth-order valence-electron chi connectivity index (χ4n) is 3.55. The van der Waals surface area contributed by atoms with Crippen LogP contribution in [0.4, 0.5) is 0 Å². The average molecular weight is 238 g/mol. The summed E-state index contributed by atoms with van der Waals surface area (Å²) in [7, 11) is 0. The lowest BCUT2D eigenvalue weighted by atomic mass is 9.95. The molecule has 0 radical (unpaired) electrons. The third kappa shape index (κ3) is 3.69. The lowest BCUT2D eigenvalue weighted by Gasteiger charge is -2.31. The molecule has 0 aromatic heterocycles. The second-order valence-electron chi connectivity index (χ2n) is 6.65. The van der Waals surface area contributed by atoms with E-state index in [0.717, 1.165) is 17.9 Å². The van der Waals surface area contributed by atoms with Gasteiger partial charge < -0.3 is 5.32 Å². The lowest BCUT2D eigenvalue weighted by Crippen LogP contribution is -2.43. The molecule has 0 amide bonds. The number of nitrogens with one attached hydrogen (secondary N) is 1. The second-order valence-corrected chi connectivity index (χ2v) is 6.65. The van der Waals surface area contributed by atoms with Gasteiger partial charge in [0, 0.05) is 31.2 Å². The van der Waals surface area contributed by atoms with E-state index in [1.807, 2.05) is 0 Å². The van der Waals surface area contributed by atoms with Crippen LogP contribution in [0.5, 0.6) is 0 Å². The molecule has 3 atom stereocenters. The minimum absolute atomic E-state index is 0.663.